The Hall–Kier alpha value is -2.63. The Balaban J connectivity index is 1.96. The van der Waals surface area contributed by atoms with Crippen LogP contribution in [0.2, 0.25) is 0 Å². The Kier molecular flexibility index (Phi) is 5.71. The van der Waals surface area contributed by atoms with Gasteiger partial charge in [-0.3, -0.25) is 4.79 Å². The summed E-state index contributed by atoms with van der Waals surface area (Å²) in [5.41, 5.74) is 1.11. The van der Waals surface area contributed by atoms with E-state index in [0.29, 0.717) is 23.8 Å². The van der Waals surface area contributed by atoms with Crippen LogP contribution < -0.4 is 15.4 Å². The van der Waals surface area contributed by atoms with E-state index in [0.717, 1.165) is 18.7 Å². The highest BCUT2D eigenvalue weighted by Crippen LogP contribution is 2.16. The molecule has 0 saturated carbocycles. The molecule has 1 amide bonds. The van der Waals surface area contributed by atoms with Crippen LogP contribution >= 0.6 is 0 Å². The standard InChI is InChI=1S/C16H20N4O2/c1-3-9-17-16-18-10-12(11-19-16)15(21)20-13-5-7-14(8-6-13)22-4-2/h5-8,10-11H,3-4,9H2,1-2H3,(H,20,21)(H,17,18,19). The molecule has 0 fully saturated rings. The highest BCUT2D eigenvalue weighted by molar-refractivity contribution is 6.03. The molecule has 1 heterocycles. The van der Waals surface area contributed by atoms with Crippen molar-refractivity contribution in [1.29, 1.82) is 0 Å². The van der Waals surface area contributed by atoms with Gasteiger partial charge in [0.05, 0.1) is 12.2 Å². The summed E-state index contributed by atoms with van der Waals surface area (Å²) in [6.07, 6.45) is 4.01. The summed E-state index contributed by atoms with van der Waals surface area (Å²) < 4.78 is 5.36. The number of hydrogen-bond donors (Lipinski definition) is 2. The second kappa shape index (κ2) is 7.97. The molecule has 0 radical (unpaired) electrons. The number of nitrogens with one attached hydrogen (secondary N) is 2. The zero-order valence-corrected chi connectivity index (χ0v) is 12.8. The molecule has 116 valence electrons. The van der Waals surface area contributed by atoms with Crippen LogP contribution in [-0.2, 0) is 0 Å². The summed E-state index contributed by atoms with van der Waals surface area (Å²) in [5.74, 6) is 1.06. The normalized spacial score (nSPS) is 10.1. The van der Waals surface area contributed by atoms with Gasteiger partial charge in [0.25, 0.3) is 5.91 Å². The summed E-state index contributed by atoms with van der Waals surface area (Å²) >= 11 is 0. The molecule has 0 unspecified atom stereocenters. The maximum atomic E-state index is 12.1. The zero-order chi connectivity index (χ0) is 15.8. The molecule has 2 rings (SSSR count). The Labute approximate surface area is 129 Å². The molecule has 0 aliphatic rings. The van der Waals surface area contributed by atoms with Crippen molar-refractivity contribution >= 4 is 17.5 Å². The monoisotopic (exact) mass is 300 g/mol. The van der Waals surface area contributed by atoms with Crippen molar-refractivity contribution in [2.45, 2.75) is 20.3 Å². The van der Waals surface area contributed by atoms with Gasteiger partial charge >= 0.3 is 0 Å². The van der Waals surface area contributed by atoms with Crippen LogP contribution in [0, 0.1) is 0 Å². The van der Waals surface area contributed by atoms with Gasteiger partial charge in [0.2, 0.25) is 5.95 Å². The van der Waals surface area contributed by atoms with Gasteiger partial charge in [-0.15, -0.1) is 0 Å². The Bertz CT molecular complexity index is 597. The van der Waals surface area contributed by atoms with Crippen molar-refractivity contribution in [2.75, 3.05) is 23.8 Å². The van der Waals surface area contributed by atoms with E-state index in [1.807, 2.05) is 19.1 Å². The summed E-state index contributed by atoms with van der Waals surface area (Å²) in [6.45, 7) is 5.40. The fourth-order valence-corrected chi connectivity index (χ4v) is 1.78. The number of carbonyl (C=O) groups is 1. The predicted molar refractivity (Wildman–Crippen MR) is 86.4 cm³/mol. The minimum atomic E-state index is -0.244. The fraction of sp³-hybridized carbons (Fsp3) is 0.312. The summed E-state index contributed by atoms with van der Waals surface area (Å²) in [7, 11) is 0. The van der Waals surface area contributed by atoms with Crippen molar-refractivity contribution in [3.8, 4) is 5.75 Å². The van der Waals surface area contributed by atoms with Gasteiger partial charge in [-0.05, 0) is 37.6 Å². The summed E-state index contributed by atoms with van der Waals surface area (Å²) in [6, 6.07) is 7.21. The van der Waals surface area contributed by atoms with Gasteiger partial charge in [0.15, 0.2) is 0 Å². The van der Waals surface area contributed by atoms with E-state index in [1.165, 1.54) is 12.4 Å². The third kappa shape index (κ3) is 4.44. The number of hydrogen-bond acceptors (Lipinski definition) is 5. The molecule has 22 heavy (non-hydrogen) atoms. The van der Waals surface area contributed by atoms with E-state index >= 15 is 0 Å². The third-order valence-corrected chi connectivity index (χ3v) is 2.87. The van der Waals surface area contributed by atoms with Gasteiger partial charge in [-0.1, -0.05) is 6.92 Å². The van der Waals surface area contributed by atoms with Crippen LogP contribution in [0.1, 0.15) is 30.6 Å². The Morgan fingerprint density at radius 2 is 1.82 bits per heavy atom. The first-order valence-electron chi connectivity index (χ1n) is 7.33. The van der Waals surface area contributed by atoms with Crippen LogP contribution in [0.3, 0.4) is 0 Å². The van der Waals surface area contributed by atoms with Crippen LogP contribution in [0.4, 0.5) is 11.6 Å². The van der Waals surface area contributed by atoms with Crippen molar-refractivity contribution < 1.29 is 9.53 Å². The highest BCUT2D eigenvalue weighted by Gasteiger charge is 2.07. The van der Waals surface area contributed by atoms with Crippen molar-refractivity contribution in [1.82, 2.24) is 9.97 Å². The lowest BCUT2D eigenvalue weighted by atomic mass is 10.2. The maximum absolute atomic E-state index is 12.1. The fourth-order valence-electron chi connectivity index (χ4n) is 1.78. The molecule has 0 aliphatic carbocycles. The van der Waals surface area contributed by atoms with Crippen molar-refractivity contribution in [2.24, 2.45) is 0 Å². The molecule has 0 atom stereocenters. The highest BCUT2D eigenvalue weighted by atomic mass is 16.5. The van der Waals surface area contributed by atoms with Gasteiger partial charge in [-0.2, -0.15) is 0 Å². The minimum absolute atomic E-state index is 0.244. The molecule has 0 aliphatic heterocycles. The van der Waals surface area contributed by atoms with E-state index in [-0.39, 0.29) is 5.91 Å². The Morgan fingerprint density at radius 1 is 1.14 bits per heavy atom. The molecule has 1 aromatic heterocycles. The van der Waals surface area contributed by atoms with E-state index < -0.39 is 0 Å². The molecular formula is C16H20N4O2. The lowest BCUT2D eigenvalue weighted by Gasteiger charge is -2.07. The number of rotatable bonds is 7. The number of amides is 1. The van der Waals surface area contributed by atoms with E-state index in [4.69, 9.17) is 4.74 Å². The number of aromatic nitrogens is 2. The van der Waals surface area contributed by atoms with Crippen molar-refractivity contribution in [3.63, 3.8) is 0 Å². The van der Waals surface area contributed by atoms with Gasteiger partial charge in [0, 0.05) is 24.6 Å². The van der Waals surface area contributed by atoms with E-state index in [9.17, 15) is 4.79 Å². The first-order valence-corrected chi connectivity index (χ1v) is 7.33. The average molecular weight is 300 g/mol. The van der Waals surface area contributed by atoms with Gasteiger partial charge in [0.1, 0.15) is 5.75 Å². The van der Waals surface area contributed by atoms with Crippen LogP contribution in [0.25, 0.3) is 0 Å². The number of carbonyl (C=O) groups excluding carboxylic acids is 1. The zero-order valence-electron chi connectivity index (χ0n) is 12.8. The molecule has 0 spiro atoms. The number of ether oxygens (including phenoxy) is 1. The van der Waals surface area contributed by atoms with Gasteiger partial charge in [-0.25, -0.2) is 9.97 Å². The quantitative estimate of drug-likeness (QED) is 0.822. The number of anilines is 2. The average Bonchev–Trinajstić information content (AvgIpc) is 2.55. The van der Waals surface area contributed by atoms with E-state index in [1.54, 1.807) is 12.1 Å². The lowest BCUT2D eigenvalue weighted by Crippen LogP contribution is -2.13. The Morgan fingerprint density at radius 3 is 2.41 bits per heavy atom. The number of nitrogens with zero attached hydrogens (tertiary/aromatic N) is 2. The molecule has 0 bridgehead atoms. The van der Waals surface area contributed by atoms with Crippen LogP contribution in [0.5, 0.6) is 5.75 Å². The van der Waals surface area contributed by atoms with Crippen LogP contribution in [0.15, 0.2) is 36.7 Å². The SMILES string of the molecule is CCCNc1ncc(C(=O)Nc2ccc(OCC)cc2)cn1. The molecule has 6 heteroatoms. The molecule has 1 aromatic carbocycles. The molecule has 2 N–H and O–H groups in total. The van der Waals surface area contributed by atoms with Crippen molar-refractivity contribution in [3.05, 3.63) is 42.2 Å². The van der Waals surface area contributed by atoms with E-state index in [2.05, 4.69) is 27.5 Å². The second-order valence-electron chi connectivity index (χ2n) is 4.63. The molecular weight excluding hydrogens is 280 g/mol. The minimum Gasteiger partial charge on any atom is -0.494 e. The largest absolute Gasteiger partial charge is 0.494 e. The first kappa shape index (κ1) is 15.8. The van der Waals surface area contributed by atoms with Gasteiger partial charge < -0.3 is 15.4 Å². The second-order valence-corrected chi connectivity index (χ2v) is 4.63. The summed E-state index contributed by atoms with van der Waals surface area (Å²) in [4.78, 5) is 20.3. The molecule has 0 saturated heterocycles. The number of benzene rings is 1. The topological polar surface area (TPSA) is 76.1 Å². The smallest absolute Gasteiger partial charge is 0.258 e. The molecule has 6 nitrogen and oxygen atoms in total. The predicted octanol–water partition coefficient (Wildman–Crippen LogP) is 2.95. The maximum Gasteiger partial charge on any atom is 0.258 e. The van der Waals surface area contributed by atoms with Crippen LogP contribution in [-0.4, -0.2) is 29.0 Å². The molecule has 2 aromatic rings. The third-order valence-electron chi connectivity index (χ3n) is 2.87. The summed E-state index contributed by atoms with van der Waals surface area (Å²) in [5, 5.41) is 5.86. The lowest BCUT2D eigenvalue weighted by molar-refractivity contribution is 0.102. The first-order chi connectivity index (χ1) is 10.7.